The molecule has 0 spiro atoms. The number of carbonyl (C=O) groups excluding carboxylic acids is 2. The van der Waals surface area contributed by atoms with Gasteiger partial charge in [-0.2, -0.15) is 5.10 Å². The maximum Gasteiger partial charge on any atom is 0.255 e. The van der Waals surface area contributed by atoms with Crippen LogP contribution >= 0.6 is 0 Å². The number of aliphatic hydroxyl groups excluding tert-OH is 1. The molecule has 2 aromatic carbocycles. The van der Waals surface area contributed by atoms with Crippen LogP contribution < -0.4 is 16.4 Å². The van der Waals surface area contributed by atoms with Gasteiger partial charge in [0.1, 0.15) is 0 Å². The number of carbonyl (C=O) groups is 2. The molecule has 0 saturated carbocycles. The molecular weight excluding hydrogens is 382 g/mol. The Balaban J connectivity index is 1.54. The highest BCUT2D eigenvalue weighted by Gasteiger charge is 2.09. The summed E-state index contributed by atoms with van der Waals surface area (Å²) in [4.78, 5) is 24.2. The number of nitrogens with zero attached hydrogens (tertiary/aromatic N) is 2. The van der Waals surface area contributed by atoms with Crippen molar-refractivity contribution in [2.75, 3.05) is 24.2 Å². The lowest BCUT2D eigenvalue weighted by Crippen LogP contribution is -2.26. The highest BCUT2D eigenvalue weighted by molar-refractivity contribution is 6.05. The second-order valence-electron chi connectivity index (χ2n) is 6.89. The SMILES string of the molecule is Nc1ccccc1NC(=O)c1ccc(Cn2cc(CC(=O)NCCCO)cn2)cc1. The molecule has 0 aliphatic heterocycles. The Kier molecular flexibility index (Phi) is 7.18. The fraction of sp³-hybridized carbons (Fsp3) is 0.227. The van der Waals surface area contributed by atoms with E-state index in [1.807, 2.05) is 30.5 Å². The minimum absolute atomic E-state index is 0.0545. The molecule has 156 valence electrons. The number of rotatable bonds is 9. The summed E-state index contributed by atoms with van der Waals surface area (Å²) in [6, 6.07) is 14.3. The van der Waals surface area contributed by atoms with Gasteiger partial charge in [-0.1, -0.05) is 24.3 Å². The lowest BCUT2D eigenvalue weighted by Gasteiger charge is -2.08. The number of para-hydroxylation sites is 2. The van der Waals surface area contributed by atoms with Gasteiger partial charge < -0.3 is 21.5 Å². The van der Waals surface area contributed by atoms with Crippen molar-refractivity contribution in [2.24, 2.45) is 0 Å². The molecule has 30 heavy (non-hydrogen) atoms. The summed E-state index contributed by atoms with van der Waals surface area (Å²) in [6.07, 6.45) is 4.27. The molecule has 8 heteroatoms. The van der Waals surface area contributed by atoms with Crippen LogP contribution in [0.5, 0.6) is 0 Å². The van der Waals surface area contributed by atoms with Crippen molar-refractivity contribution in [1.82, 2.24) is 15.1 Å². The smallest absolute Gasteiger partial charge is 0.255 e. The van der Waals surface area contributed by atoms with Crippen LogP contribution in [0, 0.1) is 0 Å². The zero-order valence-electron chi connectivity index (χ0n) is 16.5. The van der Waals surface area contributed by atoms with Gasteiger partial charge in [-0.3, -0.25) is 14.3 Å². The average molecular weight is 407 g/mol. The molecule has 0 saturated heterocycles. The van der Waals surface area contributed by atoms with Gasteiger partial charge in [-0.25, -0.2) is 0 Å². The summed E-state index contributed by atoms with van der Waals surface area (Å²) in [5.74, 6) is -0.328. The number of amides is 2. The van der Waals surface area contributed by atoms with Gasteiger partial charge in [0.2, 0.25) is 5.91 Å². The normalized spacial score (nSPS) is 10.6. The lowest BCUT2D eigenvalue weighted by atomic mass is 10.1. The van der Waals surface area contributed by atoms with Gasteiger partial charge in [0.05, 0.1) is 30.5 Å². The van der Waals surface area contributed by atoms with Crippen LogP contribution in [0.4, 0.5) is 11.4 Å². The van der Waals surface area contributed by atoms with Crippen LogP contribution in [-0.2, 0) is 17.8 Å². The summed E-state index contributed by atoms with van der Waals surface area (Å²) >= 11 is 0. The van der Waals surface area contributed by atoms with Gasteiger partial charge in [0.15, 0.2) is 0 Å². The number of aliphatic hydroxyl groups is 1. The first-order chi connectivity index (χ1) is 14.5. The third-order valence-electron chi connectivity index (χ3n) is 4.48. The van der Waals surface area contributed by atoms with Gasteiger partial charge >= 0.3 is 0 Å². The van der Waals surface area contributed by atoms with Crippen molar-refractivity contribution in [2.45, 2.75) is 19.4 Å². The summed E-state index contributed by atoms with van der Waals surface area (Å²) in [5.41, 5.74) is 9.28. The number of nitrogens with two attached hydrogens (primary N) is 1. The van der Waals surface area contributed by atoms with Crippen molar-refractivity contribution in [3.05, 3.63) is 77.6 Å². The largest absolute Gasteiger partial charge is 0.397 e. The molecule has 8 nitrogen and oxygen atoms in total. The molecule has 1 heterocycles. The molecule has 0 fully saturated rings. The summed E-state index contributed by atoms with van der Waals surface area (Å²) in [6.45, 7) is 1.04. The van der Waals surface area contributed by atoms with Crippen LogP contribution in [0.3, 0.4) is 0 Å². The molecule has 0 radical (unpaired) electrons. The van der Waals surface area contributed by atoms with E-state index < -0.39 is 0 Å². The van der Waals surface area contributed by atoms with E-state index in [0.717, 1.165) is 11.1 Å². The number of hydrogen-bond acceptors (Lipinski definition) is 5. The zero-order chi connectivity index (χ0) is 21.3. The van der Waals surface area contributed by atoms with Crippen molar-refractivity contribution in [3.63, 3.8) is 0 Å². The van der Waals surface area contributed by atoms with E-state index in [4.69, 9.17) is 10.8 Å². The van der Waals surface area contributed by atoms with Crippen molar-refractivity contribution in [1.29, 1.82) is 0 Å². The van der Waals surface area contributed by atoms with E-state index in [9.17, 15) is 9.59 Å². The highest BCUT2D eigenvalue weighted by atomic mass is 16.3. The quantitative estimate of drug-likeness (QED) is 0.318. The second kappa shape index (κ2) is 10.2. The molecule has 0 aliphatic rings. The third kappa shape index (κ3) is 5.92. The predicted octanol–water partition coefficient (Wildman–Crippen LogP) is 1.81. The van der Waals surface area contributed by atoms with Crippen molar-refractivity contribution >= 4 is 23.2 Å². The first-order valence-corrected chi connectivity index (χ1v) is 9.69. The Bertz CT molecular complexity index is 998. The van der Waals surface area contributed by atoms with E-state index in [-0.39, 0.29) is 24.8 Å². The van der Waals surface area contributed by atoms with Crippen LogP contribution in [0.25, 0.3) is 0 Å². The number of benzene rings is 2. The Morgan fingerprint density at radius 3 is 2.57 bits per heavy atom. The number of aromatic nitrogens is 2. The number of nitrogen functional groups attached to an aromatic ring is 1. The molecule has 2 amide bonds. The summed E-state index contributed by atoms with van der Waals surface area (Å²) in [7, 11) is 0. The summed E-state index contributed by atoms with van der Waals surface area (Å²) in [5, 5.41) is 18.6. The summed E-state index contributed by atoms with van der Waals surface area (Å²) < 4.78 is 1.75. The Labute approximate surface area is 174 Å². The molecular formula is C22H25N5O3. The minimum Gasteiger partial charge on any atom is -0.397 e. The fourth-order valence-electron chi connectivity index (χ4n) is 2.89. The van der Waals surface area contributed by atoms with Gasteiger partial charge in [0.25, 0.3) is 5.91 Å². The number of nitrogens with one attached hydrogen (secondary N) is 2. The molecule has 0 unspecified atom stereocenters. The fourth-order valence-corrected chi connectivity index (χ4v) is 2.89. The van der Waals surface area contributed by atoms with E-state index in [1.54, 1.807) is 35.1 Å². The van der Waals surface area contributed by atoms with E-state index >= 15 is 0 Å². The lowest BCUT2D eigenvalue weighted by molar-refractivity contribution is -0.120. The Hall–Kier alpha value is -3.65. The van der Waals surface area contributed by atoms with Crippen LogP contribution in [0.2, 0.25) is 0 Å². The molecule has 0 atom stereocenters. The van der Waals surface area contributed by atoms with E-state index in [0.29, 0.717) is 36.4 Å². The standard InChI is InChI=1S/C22H25N5O3/c23-19-4-1-2-5-20(19)26-22(30)18-8-6-16(7-9-18)14-27-15-17(13-25-27)12-21(29)24-10-3-11-28/h1-2,4-9,13,15,28H,3,10-12,14,23H2,(H,24,29)(H,26,30). The van der Waals surface area contributed by atoms with Gasteiger partial charge in [-0.15, -0.1) is 0 Å². The topological polar surface area (TPSA) is 122 Å². The molecule has 1 aromatic heterocycles. The van der Waals surface area contributed by atoms with Crippen LogP contribution in [0.15, 0.2) is 60.9 Å². The Morgan fingerprint density at radius 2 is 1.83 bits per heavy atom. The Morgan fingerprint density at radius 1 is 1.07 bits per heavy atom. The first-order valence-electron chi connectivity index (χ1n) is 9.69. The molecule has 0 aliphatic carbocycles. The second-order valence-corrected chi connectivity index (χ2v) is 6.89. The van der Waals surface area contributed by atoms with Gasteiger partial charge in [0, 0.05) is 24.9 Å². The predicted molar refractivity (Wildman–Crippen MR) is 115 cm³/mol. The number of anilines is 2. The maximum absolute atomic E-state index is 12.4. The average Bonchev–Trinajstić information content (AvgIpc) is 3.17. The van der Waals surface area contributed by atoms with Crippen LogP contribution in [-0.4, -0.2) is 39.9 Å². The molecule has 3 aromatic rings. The van der Waals surface area contributed by atoms with E-state index in [1.165, 1.54) is 0 Å². The van der Waals surface area contributed by atoms with Crippen molar-refractivity contribution in [3.8, 4) is 0 Å². The zero-order valence-corrected chi connectivity index (χ0v) is 16.5. The molecule has 5 N–H and O–H groups in total. The monoisotopic (exact) mass is 407 g/mol. The number of hydrogen-bond donors (Lipinski definition) is 4. The third-order valence-corrected chi connectivity index (χ3v) is 4.48. The van der Waals surface area contributed by atoms with Crippen molar-refractivity contribution < 1.29 is 14.7 Å². The minimum atomic E-state index is -0.229. The highest BCUT2D eigenvalue weighted by Crippen LogP contribution is 2.18. The maximum atomic E-state index is 12.4. The molecule has 3 rings (SSSR count). The first kappa shape index (κ1) is 21.1. The van der Waals surface area contributed by atoms with Crippen LogP contribution in [0.1, 0.15) is 27.9 Å². The van der Waals surface area contributed by atoms with E-state index in [2.05, 4.69) is 15.7 Å². The molecule has 0 bridgehead atoms. The van der Waals surface area contributed by atoms with Gasteiger partial charge in [-0.05, 0) is 41.8 Å².